The number of aromatic hydroxyl groups is 1. The van der Waals surface area contributed by atoms with Gasteiger partial charge in [-0.3, -0.25) is 4.90 Å². The lowest BCUT2D eigenvalue weighted by Crippen LogP contribution is -2.37. The molecule has 2 aliphatic heterocycles. The summed E-state index contributed by atoms with van der Waals surface area (Å²) in [6, 6.07) is 13.7. The van der Waals surface area contributed by atoms with Crippen LogP contribution in [-0.2, 0) is 4.74 Å². The highest BCUT2D eigenvalue weighted by Crippen LogP contribution is 2.45. The minimum absolute atomic E-state index is 0.0659. The number of para-hydroxylation sites is 1. The Labute approximate surface area is 171 Å². The van der Waals surface area contributed by atoms with Crippen molar-refractivity contribution >= 4 is 11.7 Å². The Bertz CT molecular complexity index is 868. The number of anilines is 1. The molecule has 2 aromatic carbocycles. The molecule has 2 fully saturated rings. The molecule has 0 saturated carbocycles. The molecule has 6 heteroatoms. The number of phenolic OH excluding ortho intramolecular Hbond substituents is 1. The van der Waals surface area contributed by atoms with Crippen LogP contribution in [0, 0.1) is 0 Å². The van der Waals surface area contributed by atoms with Crippen LogP contribution >= 0.6 is 0 Å². The van der Waals surface area contributed by atoms with E-state index in [-0.39, 0.29) is 17.9 Å². The van der Waals surface area contributed by atoms with Gasteiger partial charge in [-0.15, -0.1) is 0 Å². The molecule has 0 spiro atoms. The van der Waals surface area contributed by atoms with Crippen molar-refractivity contribution < 1.29 is 19.4 Å². The smallest absolute Gasteiger partial charge is 0.338 e. The second-order valence-electron chi connectivity index (χ2n) is 7.58. The molecule has 1 N–H and O–H groups in total. The average Bonchev–Trinajstić information content (AvgIpc) is 3.13. The molecule has 4 rings (SSSR count). The van der Waals surface area contributed by atoms with Gasteiger partial charge >= 0.3 is 5.97 Å². The zero-order chi connectivity index (χ0) is 20.4. The van der Waals surface area contributed by atoms with Gasteiger partial charge in [0.2, 0.25) is 0 Å². The van der Waals surface area contributed by atoms with Gasteiger partial charge in [0.25, 0.3) is 0 Å². The van der Waals surface area contributed by atoms with Crippen LogP contribution in [0.2, 0.25) is 0 Å². The Morgan fingerprint density at radius 1 is 1.17 bits per heavy atom. The van der Waals surface area contributed by atoms with Crippen LogP contribution in [0.4, 0.5) is 5.69 Å². The summed E-state index contributed by atoms with van der Waals surface area (Å²) in [5, 5.41) is 10.8. The zero-order valence-corrected chi connectivity index (χ0v) is 17.0. The summed E-state index contributed by atoms with van der Waals surface area (Å²) in [4.78, 5) is 16.8. The molecule has 2 aliphatic rings. The first-order chi connectivity index (χ1) is 14.1. The molecule has 0 aliphatic carbocycles. The normalized spacial score (nSPS) is 21.7. The van der Waals surface area contributed by atoms with Gasteiger partial charge in [-0.1, -0.05) is 18.6 Å². The van der Waals surface area contributed by atoms with E-state index in [1.165, 1.54) is 6.42 Å². The van der Waals surface area contributed by atoms with Crippen LogP contribution in [0.3, 0.4) is 0 Å². The van der Waals surface area contributed by atoms with E-state index in [1.54, 1.807) is 20.1 Å². The number of nitrogens with zero attached hydrogens (tertiary/aromatic N) is 2. The highest BCUT2D eigenvalue weighted by atomic mass is 16.5. The fourth-order valence-corrected chi connectivity index (χ4v) is 4.56. The quantitative estimate of drug-likeness (QED) is 0.772. The minimum Gasteiger partial charge on any atom is -0.504 e. The number of piperidine rings is 1. The monoisotopic (exact) mass is 396 g/mol. The zero-order valence-electron chi connectivity index (χ0n) is 17.0. The molecule has 0 unspecified atom stereocenters. The summed E-state index contributed by atoms with van der Waals surface area (Å²) in [5.74, 6) is 0.375. The van der Waals surface area contributed by atoms with Crippen LogP contribution in [0.25, 0.3) is 0 Å². The lowest BCUT2D eigenvalue weighted by atomic mass is 10.0. The van der Waals surface area contributed by atoms with E-state index in [0.29, 0.717) is 24.0 Å². The number of carbonyl (C=O) groups excluding carboxylic acids is 1. The molecular weight excluding hydrogens is 368 g/mol. The van der Waals surface area contributed by atoms with Gasteiger partial charge in [-0.05, 0) is 50.1 Å². The van der Waals surface area contributed by atoms with Crippen molar-refractivity contribution in [2.75, 3.05) is 31.7 Å². The molecule has 2 atom stereocenters. The van der Waals surface area contributed by atoms with Gasteiger partial charge in [0, 0.05) is 30.4 Å². The second kappa shape index (κ2) is 8.33. The number of hydrogen-bond donors (Lipinski definition) is 1. The Morgan fingerprint density at radius 3 is 2.69 bits per heavy atom. The third-order valence-corrected chi connectivity index (χ3v) is 5.93. The summed E-state index contributed by atoms with van der Waals surface area (Å²) in [7, 11) is 1.57. The molecule has 0 bridgehead atoms. The number of carbonyl (C=O) groups is 1. The molecule has 0 radical (unpaired) electrons. The van der Waals surface area contributed by atoms with Crippen LogP contribution in [-0.4, -0.2) is 48.8 Å². The molecular formula is C23H28N2O4. The lowest BCUT2D eigenvalue weighted by Gasteiger charge is -2.35. The summed E-state index contributed by atoms with van der Waals surface area (Å²) in [6.07, 6.45) is 3.48. The molecule has 6 nitrogen and oxygen atoms in total. The van der Waals surface area contributed by atoms with Gasteiger partial charge in [0.15, 0.2) is 11.5 Å². The third kappa shape index (κ3) is 3.65. The van der Waals surface area contributed by atoms with E-state index in [9.17, 15) is 9.90 Å². The highest BCUT2D eigenvalue weighted by molar-refractivity contribution is 5.89. The summed E-state index contributed by atoms with van der Waals surface area (Å²) < 4.78 is 10.4. The van der Waals surface area contributed by atoms with E-state index >= 15 is 0 Å². The SMILES string of the molecule is CCOC(=O)c1ccc(N2C[C@@H]3CCCCN3[C@@H]2c2cccc(OC)c2O)cc1. The number of benzene rings is 2. The van der Waals surface area contributed by atoms with Gasteiger partial charge < -0.3 is 19.5 Å². The Hall–Kier alpha value is -2.73. The van der Waals surface area contributed by atoms with Crippen molar-refractivity contribution in [3.63, 3.8) is 0 Å². The third-order valence-electron chi connectivity index (χ3n) is 5.93. The molecule has 2 heterocycles. The number of phenols is 1. The number of ether oxygens (including phenoxy) is 2. The predicted molar refractivity (Wildman–Crippen MR) is 111 cm³/mol. The number of methoxy groups -OCH3 is 1. The van der Waals surface area contributed by atoms with Crippen LogP contribution in [0.15, 0.2) is 42.5 Å². The van der Waals surface area contributed by atoms with E-state index in [1.807, 2.05) is 36.4 Å². The summed E-state index contributed by atoms with van der Waals surface area (Å²) >= 11 is 0. The van der Waals surface area contributed by atoms with Crippen molar-refractivity contribution in [1.82, 2.24) is 4.90 Å². The van der Waals surface area contributed by atoms with Gasteiger partial charge in [-0.25, -0.2) is 4.79 Å². The van der Waals surface area contributed by atoms with Crippen molar-refractivity contribution in [3.05, 3.63) is 53.6 Å². The number of rotatable bonds is 5. The first-order valence-electron chi connectivity index (χ1n) is 10.3. The predicted octanol–water partition coefficient (Wildman–Crippen LogP) is 3.95. The standard InChI is InChI=1S/C23H28N2O4/c1-3-29-23(27)16-10-12-17(13-11-16)25-15-18-7-4-5-14-24(18)22(25)19-8-6-9-20(28-2)21(19)26/h6,8-13,18,22,26H,3-5,7,14-15H2,1-2H3/t18-,22-/m0/s1. The maximum absolute atomic E-state index is 12.0. The van der Waals surface area contributed by atoms with Crippen molar-refractivity contribution in [2.45, 2.75) is 38.4 Å². The van der Waals surface area contributed by atoms with Crippen molar-refractivity contribution in [1.29, 1.82) is 0 Å². The van der Waals surface area contributed by atoms with Gasteiger partial charge in [-0.2, -0.15) is 0 Å². The Morgan fingerprint density at radius 2 is 1.97 bits per heavy atom. The van der Waals surface area contributed by atoms with Gasteiger partial charge in [0.05, 0.1) is 19.3 Å². The highest BCUT2D eigenvalue weighted by Gasteiger charge is 2.42. The van der Waals surface area contributed by atoms with Crippen LogP contribution < -0.4 is 9.64 Å². The Balaban J connectivity index is 1.70. The topological polar surface area (TPSA) is 62.2 Å². The summed E-state index contributed by atoms with van der Waals surface area (Å²) in [5.41, 5.74) is 2.43. The molecule has 0 aromatic heterocycles. The molecule has 154 valence electrons. The summed E-state index contributed by atoms with van der Waals surface area (Å²) in [6.45, 7) is 4.06. The van der Waals surface area contributed by atoms with E-state index in [0.717, 1.165) is 37.2 Å². The average molecular weight is 396 g/mol. The molecule has 2 aromatic rings. The number of fused-ring (bicyclic) bond motifs is 1. The van der Waals surface area contributed by atoms with Crippen LogP contribution in [0.1, 0.15) is 48.3 Å². The van der Waals surface area contributed by atoms with Crippen molar-refractivity contribution in [3.8, 4) is 11.5 Å². The largest absolute Gasteiger partial charge is 0.504 e. The Kier molecular flexibility index (Phi) is 5.62. The van der Waals surface area contributed by atoms with Crippen LogP contribution in [0.5, 0.6) is 11.5 Å². The fourth-order valence-electron chi connectivity index (χ4n) is 4.56. The molecule has 2 saturated heterocycles. The second-order valence-corrected chi connectivity index (χ2v) is 7.58. The van der Waals surface area contributed by atoms with Gasteiger partial charge in [0.1, 0.15) is 6.17 Å². The minimum atomic E-state index is -0.306. The van der Waals surface area contributed by atoms with E-state index in [4.69, 9.17) is 9.47 Å². The van der Waals surface area contributed by atoms with E-state index in [2.05, 4.69) is 9.80 Å². The first-order valence-corrected chi connectivity index (χ1v) is 10.3. The lowest BCUT2D eigenvalue weighted by molar-refractivity contribution is 0.0526. The maximum Gasteiger partial charge on any atom is 0.338 e. The maximum atomic E-state index is 12.0. The number of hydrogen-bond acceptors (Lipinski definition) is 6. The number of esters is 1. The molecule has 0 amide bonds. The van der Waals surface area contributed by atoms with Crippen molar-refractivity contribution in [2.24, 2.45) is 0 Å². The van der Waals surface area contributed by atoms with E-state index < -0.39 is 0 Å². The first kappa shape index (κ1) is 19.6. The molecule has 29 heavy (non-hydrogen) atoms. The fraction of sp³-hybridized carbons (Fsp3) is 0.435.